The highest BCUT2D eigenvalue weighted by atomic mass is 32.1. The molecule has 1 aromatic rings. The number of hydrogen-bond acceptors (Lipinski definition) is 4. The molecule has 0 aromatic heterocycles. The second kappa shape index (κ2) is 9.15. The molecule has 2 rings (SSSR count). The van der Waals surface area contributed by atoms with Gasteiger partial charge in [-0.25, -0.2) is 0 Å². The summed E-state index contributed by atoms with van der Waals surface area (Å²) in [5, 5.41) is 0. The number of benzene rings is 1. The number of carbonyl (C=O) groups excluding carboxylic acids is 1. The standard InChI is InChI=1S/C21H22F2O3S/c1-4-21(22,23)26-18-9-5-7-15(12-18)17-11-16(8-6-10-25-3)20(27)14(2)19(24)13-17/h4-5,7-9,12-14H,1,6,10-11H2,2-3H3. The van der Waals surface area contributed by atoms with Gasteiger partial charge in [0.1, 0.15) is 5.75 Å². The van der Waals surface area contributed by atoms with Crippen LogP contribution in [0, 0.1) is 5.92 Å². The van der Waals surface area contributed by atoms with Crippen LogP contribution >= 0.6 is 12.2 Å². The first-order chi connectivity index (χ1) is 12.8. The lowest BCUT2D eigenvalue weighted by Gasteiger charge is -2.15. The Bertz CT molecular complexity index is 796. The van der Waals surface area contributed by atoms with Crippen LogP contribution in [-0.2, 0) is 9.53 Å². The molecule has 144 valence electrons. The molecule has 0 bridgehead atoms. The molecule has 1 unspecified atom stereocenters. The Hall–Kier alpha value is -2.18. The van der Waals surface area contributed by atoms with Crippen LogP contribution in [0.1, 0.15) is 25.3 Å². The second-order valence-electron chi connectivity index (χ2n) is 6.24. The van der Waals surface area contributed by atoms with Crippen LogP contribution in [0.2, 0.25) is 0 Å². The molecule has 6 heteroatoms. The number of thiocarbonyl (C=S) groups is 1. The van der Waals surface area contributed by atoms with Gasteiger partial charge in [-0.2, -0.15) is 8.78 Å². The van der Waals surface area contributed by atoms with Crippen molar-refractivity contribution in [3.05, 3.63) is 60.2 Å². The predicted octanol–water partition coefficient (Wildman–Crippen LogP) is 5.17. The minimum absolute atomic E-state index is 0.00414. The highest BCUT2D eigenvalue weighted by Crippen LogP contribution is 2.32. The van der Waals surface area contributed by atoms with Crippen LogP contribution in [0.25, 0.3) is 5.57 Å². The van der Waals surface area contributed by atoms with Gasteiger partial charge >= 0.3 is 6.11 Å². The fraction of sp³-hybridized carbons (Fsp3) is 0.333. The van der Waals surface area contributed by atoms with E-state index in [9.17, 15) is 13.6 Å². The third kappa shape index (κ3) is 5.65. The number of ketones is 1. The van der Waals surface area contributed by atoms with Gasteiger partial charge in [0.25, 0.3) is 0 Å². The summed E-state index contributed by atoms with van der Waals surface area (Å²) >= 11 is 5.48. The summed E-state index contributed by atoms with van der Waals surface area (Å²) in [7, 11) is 1.62. The van der Waals surface area contributed by atoms with Gasteiger partial charge in [0.15, 0.2) is 5.78 Å². The first kappa shape index (κ1) is 21.1. The zero-order valence-corrected chi connectivity index (χ0v) is 16.2. The molecule has 0 amide bonds. The maximum Gasteiger partial charge on any atom is 0.419 e. The minimum Gasteiger partial charge on any atom is -0.429 e. The number of alkyl halides is 2. The lowest BCUT2D eigenvalue weighted by Crippen LogP contribution is -2.20. The van der Waals surface area contributed by atoms with Gasteiger partial charge < -0.3 is 9.47 Å². The highest BCUT2D eigenvalue weighted by Gasteiger charge is 2.28. The molecule has 0 heterocycles. The van der Waals surface area contributed by atoms with E-state index >= 15 is 0 Å². The van der Waals surface area contributed by atoms with Gasteiger partial charge in [-0.3, -0.25) is 4.79 Å². The summed E-state index contributed by atoms with van der Waals surface area (Å²) in [6.45, 7) is 5.39. The van der Waals surface area contributed by atoms with Gasteiger partial charge in [0, 0.05) is 24.7 Å². The van der Waals surface area contributed by atoms with Gasteiger partial charge in [0.2, 0.25) is 0 Å². The van der Waals surface area contributed by atoms with Crippen LogP contribution < -0.4 is 4.74 Å². The molecule has 3 nitrogen and oxygen atoms in total. The molecule has 1 aliphatic carbocycles. The Labute approximate surface area is 163 Å². The van der Waals surface area contributed by atoms with E-state index in [1.165, 1.54) is 12.1 Å². The lowest BCUT2D eigenvalue weighted by atomic mass is 9.95. The van der Waals surface area contributed by atoms with E-state index < -0.39 is 12.0 Å². The van der Waals surface area contributed by atoms with Crippen molar-refractivity contribution in [1.29, 1.82) is 0 Å². The van der Waals surface area contributed by atoms with Crippen LogP contribution in [0.4, 0.5) is 8.78 Å². The van der Waals surface area contributed by atoms with E-state index in [2.05, 4.69) is 11.3 Å². The molecular formula is C21H22F2O3S. The average Bonchev–Trinajstić information content (AvgIpc) is 2.74. The number of ether oxygens (including phenoxy) is 2. The molecule has 0 aliphatic heterocycles. The first-order valence-corrected chi connectivity index (χ1v) is 8.95. The Balaban J connectivity index is 2.36. The summed E-state index contributed by atoms with van der Waals surface area (Å²) < 4.78 is 36.6. The molecule has 0 N–H and O–H groups in total. The monoisotopic (exact) mass is 392 g/mol. The van der Waals surface area contributed by atoms with Crippen molar-refractivity contribution in [2.75, 3.05) is 13.7 Å². The topological polar surface area (TPSA) is 35.5 Å². The van der Waals surface area contributed by atoms with Gasteiger partial charge in [0.05, 0.1) is 5.92 Å². The third-order valence-corrected chi connectivity index (χ3v) is 4.86. The SMILES string of the molecule is C=CC(F)(F)Oc1cccc(C2=CC(=O)C(C)C(=S)C(=CCCOC)C2)c1. The van der Waals surface area contributed by atoms with Crippen molar-refractivity contribution in [3.8, 4) is 5.75 Å². The largest absolute Gasteiger partial charge is 0.429 e. The van der Waals surface area contributed by atoms with E-state index in [4.69, 9.17) is 17.0 Å². The molecule has 1 aliphatic rings. The first-order valence-electron chi connectivity index (χ1n) is 8.55. The highest BCUT2D eigenvalue weighted by molar-refractivity contribution is 7.81. The Morgan fingerprint density at radius 2 is 2.15 bits per heavy atom. The van der Waals surface area contributed by atoms with E-state index in [-0.39, 0.29) is 11.5 Å². The number of carbonyl (C=O) groups is 1. The van der Waals surface area contributed by atoms with Gasteiger partial charge in [-0.15, -0.1) is 0 Å². The third-order valence-electron chi connectivity index (χ3n) is 4.24. The van der Waals surface area contributed by atoms with Crippen LogP contribution in [-0.4, -0.2) is 30.5 Å². The second-order valence-corrected chi connectivity index (χ2v) is 6.68. The summed E-state index contributed by atoms with van der Waals surface area (Å²) in [6, 6.07) is 6.28. The van der Waals surface area contributed by atoms with Crippen molar-refractivity contribution in [3.63, 3.8) is 0 Å². The van der Waals surface area contributed by atoms with E-state index in [0.29, 0.717) is 41.5 Å². The number of allylic oxidation sites excluding steroid dienone is 3. The van der Waals surface area contributed by atoms with E-state index in [1.54, 1.807) is 32.2 Å². The van der Waals surface area contributed by atoms with Crippen LogP contribution in [0.3, 0.4) is 0 Å². The van der Waals surface area contributed by atoms with E-state index in [0.717, 1.165) is 5.57 Å². The minimum atomic E-state index is -3.46. The lowest BCUT2D eigenvalue weighted by molar-refractivity contribution is -0.131. The Morgan fingerprint density at radius 3 is 2.81 bits per heavy atom. The number of rotatable bonds is 7. The fourth-order valence-electron chi connectivity index (χ4n) is 2.71. The molecule has 1 atom stereocenters. The molecule has 0 spiro atoms. The van der Waals surface area contributed by atoms with Crippen LogP contribution in [0.5, 0.6) is 5.75 Å². The average molecular weight is 392 g/mol. The molecule has 27 heavy (non-hydrogen) atoms. The zero-order chi connectivity index (χ0) is 20.0. The van der Waals surface area contributed by atoms with Gasteiger partial charge in [-0.05, 0) is 47.8 Å². The van der Waals surface area contributed by atoms with Crippen molar-refractivity contribution in [1.82, 2.24) is 0 Å². The normalized spacial score (nSPS) is 19.6. The fourth-order valence-corrected chi connectivity index (χ4v) is 2.99. The van der Waals surface area contributed by atoms with Crippen molar-refractivity contribution in [2.45, 2.75) is 25.9 Å². The Morgan fingerprint density at radius 1 is 1.41 bits per heavy atom. The van der Waals surface area contributed by atoms with Crippen molar-refractivity contribution >= 4 is 28.4 Å². The molecule has 0 saturated carbocycles. The van der Waals surface area contributed by atoms with Crippen LogP contribution in [0.15, 0.2) is 54.6 Å². The summed E-state index contributed by atoms with van der Waals surface area (Å²) in [5.41, 5.74) is 2.23. The molecule has 1 aromatic carbocycles. The summed E-state index contributed by atoms with van der Waals surface area (Å²) in [6.07, 6.45) is 1.60. The maximum atomic E-state index is 13.4. The zero-order valence-electron chi connectivity index (χ0n) is 15.3. The van der Waals surface area contributed by atoms with Crippen molar-refractivity contribution in [2.24, 2.45) is 5.92 Å². The molecule has 0 saturated heterocycles. The number of methoxy groups -OCH3 is 1. The molecular weight excluding hydrogens is 370 g/mol. The Kier molecular flexibility index (Phi) is 7.16. The number of hydrogen-bond donors (Lipinski definition) is 0. The maximum absolute atomic E-state index is 13.4. The quantitative estimate of drug-likeness (QED) is 0.278. The molecule has 0 fully saturated rings. The summed E-state index contributed by atoms with van der Waals surface area (Å²) in [5.74, 6) is -0.515. The van der Waals surface area contributed by atoms with Crippen molar-refractivity contribution < 1.29 is 23.0 Å². The summed E-state index contributed by atoms with van der Waals surface area (Å²) in [4.78, 5) is 13.1. The predicted molar refractivity (Wildman–Crippen MR) is 106 cm³/mol. The molecule has 0 radical (unpaired) electrons. The smallest absolute Gasteiger partial charge is 0.419 e. The van der Waals surface area contributed by atoms with Gasteiger partial charge in [-0.1, -0.05) is 43.9 Å². The number of halogens is 2. The van der Waals surface area contributed by atoms with E-state index in [1.807, 2.05) is 6.08 Å².